The first-order valence-corrected chi connectivity index (χ1v) is 20.6. The normalized spacial score (nSPS) is 15.5. The molecule has 7 aromatic rings. The van der Waals surface area contributed by atoms with Crippen molar-refractivity contribution in [2.45, 2.75) is 72.0 Å². The van der Waals surface area contributed by atoms with Gasteiger partial charge in [-0.15, -0.1) is 0 Å². The van der Waals surface area contributed by atoms with Gasteiger partial charge in [0.2, 0.25) is 0 Å². The van der Waals surface area contributed by atoms with E-state index in [2.05, 4.69) is 192 Å². The summed E-state index contributed by atoms with van der Waals surface area (Å²) in [5, 5.41) is 0. The molecular weight excluding hydrogens is 663 g/mol. The number of fused-ring (bicyclic) bond motifs is 10. The Morgan fingerprint density at radius 2 is 0.755 bits per heavy atom. The van der Waals surface area contributed by atoms with Crippen LogP contribution in [0.4, 0.5) is 17.1 Å². The van der Waals surface area contributed by atoms with Gasteiger partial charge in [0, 0.05) is 51.1 Å². The van der Waals surface area contributed by atoms with Gasteiger partial charge in [-0.3, -0.25) is 4.21 Å². The third kappa shape index (κ3) is 4.66. The molecule has 3 heteroatoms. The van der Waals surface area contributed by atoms with E-state index >= 15 is 4.21 Å². The van der Waals surface area contributed by atoms with Crippen LogP contribution in [0.15, 0.2) is 183 Å². The van der Waals surface area contributed by atoms with Gasteiger partial charge in [0.25, 0.3) is 0 Å². The largest absolute Gasteiger partial charge is 0.310 e. The highest BCUT2D eigenvalue weighted by molar-refractivity contribution is 8.21. The molecule has 0 saturated heterocycles. The average Bonchev–Trinajstić information content (AvgIpc) is 3.56. The van der Waals surface area contributed by atoms with Crippen LogP contribution in [0.1, 0.15) is 52.7 Å². The van der Waals surface area contributed by atoms with Crippen molar-refractivity contribution in [3.8, 4) is 33.4 Å². The first-order valence-electron chi connectivity index (χ1n) is 18.6. The van der Waals surface area contributed by atoms with Crippen molar-refractivity contribution >= 4 is 26.1 Å². The van der Waals surface area contributed by atoms with Gasteiger partial charge >= 0.3 is 0 Å². The summed E-state index contributed by atoms with van der Waals surface area (Å²) in [7, 11) is -3.97. The second-order valence-electron chi connectivity index (χ2n) is 16.6. The molecule has 0 atom stereocenters. The first-order chi connectivity index (χ1) is 25.4. The molecule has 0 fully saturated rings. The van der Waals surface area contributed by atoms with E-state index in [9.17, 15) is 0 Å². The smallest absolute Gasteiger partial charge is 0.0540 e. The Bertz CT molecular complexity index is 2530. The van der Waals surface area contributed by atoms with E-state index in [0.29, 0.717) is 0 Å². The fourth-order valence-electron chi connectivity index (χ4n) is 8.68. The van der Waals surface area contributed by atoms with Crippen molar-refractivity contribution in [3.63, 3.8) is 0 Å². The zero-order chi connectivity index (χ0) is 36.8. The summed E-state index contributed by atoms with van der Waals surface area (Å²) in [6.07, 6.45) is 0. The number of para-hydroxylation sites is 1. The molecule has 0 amide bonds. The predicted molar refractivity (Wildman–Crippen MR) is 222 cm³/mol. The van der Waals surface area contributed by atoms with Crippen molar-refractivity contribution in [1.82, 2.24) is 0 Å². The second kappa shape index (κ2) is 11.5. The summed E-state index contributed by atoms with van der Waals surface area (Å²) in [6, 6.07) is 58.3. The molecule has 2 aliphatic heterocycles. The maximum absolute atomic E-state index is 17.1. The Hall–Kier alpha value is -5.51. The summed E-state index contributed by atoms with van der Waals surface area (Å²) in [4.78, 5) is 5.98. The number of benzene rings is 7. The van der Waals surface area contributed by atoms with E-state index in [-0.39, 0.29) is 10.8 Å². The van der Waals surface area contributed by atoms with Crippen LogP contribution in [0, 0.1) is 0 Å². The Labute approximate surface area is 314 Å². The van der Waals surface area contributed by atoms with Crippen molar-refractivity contribution < 1.29 is 4.21 Å². The van der Waals surface area contributed by atoms with Crippen LogP contribution in [-0.4, -0.2) is 4.21 Å². The number of hydrogen-bond acceptors (Lipinski definition) is 2. The third-order valence-electron chi connectivity index (χ3n) is 11.3. The van der Waals surface area contributed by atoms with Gasteiger partial charge in [0.1, 0.15) is 0 Å². The van der Waals surface area contributed by atoms with Crippen LogP contribution < -0.4 is 4.90 Å². The molecule has 2 heterocycles. The SMILES string of the molecule is CC(C)(C)c1ccc(N(c2ccc(C(C)(C)C)cc2)c2ccccc2-c2cccc3c2-c2ccccc2S32(=O)c3ccccc3-c3ccccc32)cc1. The van der Waals surface area contributed by atoms with Crippen LogP contribution >= 0.6 is 0 Å². The Kier molecular flexibility index (Phi) is 7.23. The molecule has 0 N–H and O–H groups in total. The minimum Gasteiger partial charge on any atom is -0.310 e. The van der Waals surface area contributed by atoms with E-state index in [0.717, 1.165) is 70.0 Å². The topological polar surface area (TPSA) is 20.3 Å². The Balaban J connectivity index is 1.32. The Morgan fingerprint density at radius 3 is 1.25 bits per heavy atom. The van der Waals surface area contributed by atoms with Crippen molar-refractivity contribution in [2.75, 3.05) is 4.90 Å². The first kappa shape index (κ1) is 33.3. The highest BCUT2D eigenvalue weighted by Gasteiger charge is 2.57. The van der Waals surface area contributed by atoms with E-state index in [1.54, 1.807) is 0 Å². The summed E-state index contributed by atoms with van der Waals surface area (Å²) < 4.78 is 17.1. The summed E-state index contributed by atoms with van der Waals surface area (Å²) in [6.45, 7) is 13.5. The van der Waals surface area contributed by atoms with Crippen molar-refractivity contribution in [3.05, 3.63) is 175 Å². The lowest BCUT2D eigenvalue weighted by Crippen LogP contribution is -2.30. The van der Waals surface area contributed by atoms with Gasteiger partial charge in [-0.05, 0) is 98.8 Å². The van der Waals surface area contributed by atoms with Crippen LogP contribution in [-0.2, 0) is 19.9 Å². The summed E-state index contributed by atoms with van der Waals surface area (Å²) >= 11 is 0. The Morgan fingerprint density at radius 1 is 0.377 bits per heavy atom. The highest BCUT2D eigenvalue weighted by atomic mass is 32.3. The monoisotopic (exact) mass is 707 g/mol. The van der Waals surface area contributed by atoms with Gasteiger partial charge in [-0.1, -0.05) is 151 Å². The molecule has 0 saturated carbocycles. The minimum atomic E-state index is -3.97. The minimum absolute atomic E-state index is 0.0400. The third-order valence-corrected chi connectivity index (χ3v) is 16.1. The lowest BCUT2D eigenvalue weighted by molar-refractivity contribution is 0.590. The van der Waals surface area contributed by atoms with Crippen molar-refractivity contribution in [1.29, 1.82) is 0 Å². The zero-order valence-corrected chi connectivity index (χ0v) is 32.2. The van der Waals surface area contributed by atoms with Gasteiger partial charge in [-0.25, -0.2) is 0 Å². The van der Waals surface area contributed by atoms with Crippen LogP contribution in [0.2, 0.25) is 0 Å². The molecule has 0 aliphatic carbocycles. The molecule has 0 radical (unpaired) electrons. The number of rotatable bonds is 4. The summed E-state index contributed by atoms with van der Waals surface area (Å²) in [5.41, 5.74) is 12.3. The summed E-state index contributed by atoms with van der Waals surface area (Å²) in [5.74, 6) is 0. The van der Waals surface area contributed by atoms with E-state index in [1.165, 1.54) is 11.1 Å². The second-order valence-corrected chi connectivity index (χ2v) is 20.2. The standard InChI is InChI=1S/C50H45NOS/c1-49(2,3)34-26-30-36(31-27-34)51(37-32-28-35(29-33-37)50(4,5)6)43-21-11-7-16-38(43)41-20-15-25-47-48(41)42-19-10-14-24-46(42)53(47,52)44-22-12-8-17-39(44)40-18-9-13-23-45(40)53/h7-33H,1-6H3. The number of hydrogen-bond donors (Lipinski definition) is 0. The molecule has 0 aromatic heterocycles. The maximum atomic E-state index is 17.1. The maximum Gasteiger partial charge on any atom is 0.0540 e. The fourth-order valence-corrected chi connectivity index (χ4v) is 13.9. The van der Waals surface area contributed by atoms with Gasteiger partial charge in [-0.2, -0.15) is 0 Å². The molecule has 7 aromatic carbocycles. The number of nitrogens with zero attached hydrogens (tertiary/aromatic N) is 1. The molecule has 2 aliphatic rings. The van der Waals surface area contributed by atoms with Crippen LogP contribution in [0.3, 0.4) is 0 Å². The quantitative estimate of drug-likeness (QED) is 0.181. The molecule has 1 spiro atoms. The predicted octanol–water partition coefficient (Wildman–Crippen LogP) is 13.7. The molecular formula is C50H45NOS. The molecule has 262 valence electrons. The van der Waals surface area contributed by atoms with Crippen molar-refractivity contribution in [2.24, 2.45) is 0 Å². The molecule has 2 nitrogen and oxygen atoms in total. The number of anilines is 3. The zero-order valence-electron chi connectivity index (χ0n) is 31.4. The van der Waals surface area contributed by atoms with E-state index in [1.807, 2.05) is 18.2 Å². The van der Waals surface area contributed by atoms with Gasteiger partial charge in [0.05, 0.1) is 5.69 Å². The molecule has 0 bridgehead atoms. The fraction of sp³-hybridized carbons (Fsp3) is 0.160. The van der Waals surface area contributed by atoms with E-state index < -0.39 is 9.07 Å². The highest BCUT2D eigenvalue weighted by Crippen LogP contribution is 2.71. The average molecular weight is 708 g/mol. The van der Waals surface area contributed by atoms with Gasteiger partial charge < -0.3 is 4.90 Å². The van der Waals surface area contributed by atoms with Crippen LogP contribution in [0.5, 0.6) is 0 Å². The van der Waals surface area contributed by atoms with Gasteiger partial charge in [0.15, 0.2) is 0 Å². The van der Waals surface area contributed by atoms with E-state index in [4.69, 9.17) is 0 Å². The lowest BCUT2D eigenvalue weighted by atomic mass is 9.86. The molecule has 9 rings (SSSR count). The molecule has 53 heavy (non-hydrogen) atoms. The van der Waals surface area contributed by atoms with Crippen LogP contribution in [0.25, 0.3) is 33.4 Å². The molecule has 0 unspecified atom stereocenters. The lowest BCUT2D eigenvalue weighted by Gasteiger charge is -2.38.